The van der Waals surface area contributed by atoms with Crippen LogP contribution in [0.2, 0.25) is 10.0 Å². The van der Waals surface area contributed by atoms with E-state index < -0.39 is 34.3 Å². The van der Waals surface area contributed by atoms with Crippen molar-refractivity contribution in [2.24, 2.45) is 0 Å². The van der Waals surface area contributed by atoms with Gasteiger partial charge in [0, 0.05) is 17.6 Å². The molecule has 2 aromatic rings. The van der Waals surface area contributed by atoms with Crippen LogP contribution in [0.5, 0.6) is 0 Å². The molecule has 0 aliphatic rings. The van der Waals surface area contributed by atoms with Gasteiger partial charge in [0.2, 0.25) is 21.8 Å². The van der Waals surface area contributed by atoms with Gasteiger partial charge < -0.3 is 10.2 Å². The lowest BCUT2D eigenvalue weighted by molar-refractivity contribution is -0.140. The molecule has 0 saturated carbocycles. The highest BCUT2D eigenvalue weighted by Crippen LogP contribution is 2.26. The summed E-state index contributed by atoms with van der Waals surface area (Å²) in [5.41, 5.74) is 0.628. The Morgan fingerprint density at radius 2 is 1.74 bits per heavy atom. The first-order valence-corrected chi connectivity index (χ1v) is 13.2. The van der Waals surface area contributed by atoms with E-state index in [-0.39, 0.29) is 35.6 Å². The Balaban J connectivity index is 2.48. The molecule has 0 heterocycles. The number of carbonyl (C=O) groups is 2. The third-order valence-corrected chi connectivity index (χ3v) is 6.78. The van der Waals surface area contributed by atoms with E-state index in [1.807, 2.05) is 0 Å². The second-order valence-electron chi connectivity index (χ2n) is 8.07. The molecular formula is C23H28Cl2FN3O4S. The van der Waals surface area contributed by atoms with Gasteiger partial charge >= 0.3 is 0 Å². The number of halogens is 3. The van der Waals surface area contributed by atoms with Gasteiger partial charge in [0.05, 0.1) is 17.0 Å². The van der Waals surface area contributed by atoms with E-state index in [0.29, 0.717) is 10.6 Å². The lowest BCUT2D eigenvalue weighted by atomic mass is 10.1. The molecule has 2 aromatic carbocycles. The minimum absolute atomic E-state index is 0.00962. The van der Waals surface area contributed by atoms with E-state index in [1.54, 1.807) is 45.0 Å². The standard InChI is InChI=1S/C23H28Cl2FN3O4S/c1-5-21(23(31)27-15(2)3)28(13-16-8-6-7-9-18(16)24)22(30)14-29(34(4,32)33)17-10-11-20(26)19(25)12-17/h6-12,15,21H,5,13-14H2,1-4H3,(H,27,31)/t21-/m0/s1. The Kier molecular flexibility index (Phi) is 9.73. The van der Waals surface area contributed by atoms with Crippen molar-refractivity contribution >= 4 is 50.7 Å². The number of amides is 2. The number of hydrogen-bond donors (Lipinski definition) is 1. The Morgan fingerprint density at radius 3 is 2.26 bits per heavy atom. The Bertz CT molecular complexity index is 1140. The highest BCUT2D eigenvalue weighted by Gasteiger charge is 2.32. The van der Waals surface area contributed by atoms with Gasteiger partial charge in [-0.25, -0.2) is 12.8 Å². The molecule has 2 rings (SSSR count). The maximum atomic E-state index is 13.6. The summed E-state index contributed by atoms with van der Waals surface area (Å²) < 4.78 is 39.5. The number of nitrogens with one attached hydrogen (secondary N) is 1. The largest absolute Gasteiger partial charge is 0.352 e. The molecule has 0 saturated heterocycles. The molecule has 0 aromatic heterocycles. The molecule has 1 N–H and O–H groups in total. The summed E-state index contributed by atoms with van der Waals surface area (Å²) in [5, 5.41) is 2.93. The second kappa shape index (κ2) is 11.9. The van der Waals surface area contributed by atoms with Crippen LogP contribution in [0, 0.1) is 5.82 Å². The maximum absolute atomic E-state index is 13.6. The molecule has 0 radical (unpaired) electrons. The van der Waals surface area contributed by atoms with Gasteiger partial charge in [-0.3, -0.25) is 13.9 Å². The van der Waals surface area contributed by atoms with Crippen molar-refractivity contribution < 1.29 is 22.4 Å². The van der Waals surface area contributed by atoms with E-state index in [1.165, 1.54) is 11.0 Å². The number of rotatable bonds is 10. The van der Waals surface area contributed by atoms with Gasteiger partial charge in [0.1, 0.15) is 18.4 Å². The van der Waals surface area contributed by atoms with Gasteiger partial charge in [-0.2, -0.15) is 0 Å². The average Bonchev–Trinajstić information content (AvgIpc) is 2.73. The predicted octanol–water partition coefficient (Wildman–Crippen LogP) is 4.23. The number of nitrogens with zero attached hydrogens (tertiary/aromatic N) is 2. The van der Waals surface area contributed by atoms with Crippen LogP contribution in [0.3, 0.4) is 0 Å². The molecule has 11 heteroatoms. The lowest BCUT2D eigenvalue weighted by Crippen LogP contribution is -2.53. The highest BCUT2D eigenvalue weighted by molar-refractivity contribution is 7.92. The summed E-state index contributed by atoms with van der Waals surface area (Å²) in [5.74, 6) is -1.72. The monoisotopic (exact) mass is 531 g/mol. The molecule has 1 atom stereocenters. The summed E-state index contributed by atoms with van der Waals surface area (Å²) in [6.07, 6.45) is 1.22. The average molecular weight is 532 g/mol. The number of benzene rings is 2. The van der Waals surface area contributed by atoms with Crippen LogP contribution in [0.15, 0.2) is 42.5 Å². The molecule has 0 aliphatic carbocycles. The van der Waals surface area contributed by atoms with Crippen LogP contribution in [-0.4, -0.2) is 50.0 Å². The first-order valence-electron chi connectivity index (χ1n) is 10.6. The normalized spacial score (nSPS) is 12.4. The lowest BCUT2D eigenvalue weighted by Gasteiger charge is -2.33. The summed E-state index contributed by atoms with van der Waals surface area (Å²) in [7, 11) is -3.95. The van der Waals surface area contributed by atoms with Gasteiger partial charge in [0.15, 0.2) is 0 Å². The molecule has 2 amide bonds. The van der Waals surface area contributed by atoms with Crippen LogP contribution in [0.4, 0.5) is 10.1 Å². The van der Waals surface area contributed by atoms with Crippen LogP contribution < -0.4 is 9.62 Å². The molecule has 7 nitrogen and oxygen atoms in total. The predicted molar refractivity (Wildman–Crippen MR) is 133 cm³/mol. The fourth-order valence-corrected chi connectivity index (χ4v) is 4.58. The number of hydrogen-bond acceptors (Lipinski definition) is 4. The minimum atomic E-state index is -3.95. The first kappa shape index (κ1) is 27.9. The zero-order chi connectivity index (χ0) is 25.6. The van der Waals surface area contributed by atoms with Crippen molar-refractivity contribution in [1.29, 1.82) is 0 Å². The fraction of sp³-hybridized carbons (Fsp3) is 0.391. The molecule has 0 fully saturated rings. The van der Waals surface area contributed by atoms with E-state index >= 15 is 0 Å². The SMILES string of the molecule is CC[C@@H](C(=O)NC(C)C)N(Cc1ccccc1Cl)C(=O)CN(c1ccc(F)c(Cl)c1)S(C)(=O)=O. The second-order valence-corrected chi connectivity index (χ2v) is 10.8. The zero-order valence-corrected chi connectivity index (χ0v) is 21.7. The quantitative estimate of drug-likeness (QED) is 0.496. The number of carbonyl (C=O) groups excluding carboxylic acids is 2. The summed E-state index contributed by atoms with van der Waals surface area (Å²) >= 11 is 12.1. The van der Waals surface area contributed by atoms with E-state index in [0.717, 1.165) is 22.7 Å². The fourth-order valence-electron chi connectivity index (χ4n) is 3.36. The molecule has 0 bridgehead atoms. The Morgan fingerprint density at radius 1 is 1.09 bits per heavy atom. The topological polar surface area (TPSA) is 86.8 Å². The van der Waals surface area contributed by atoms with Crippen molar-refractivity contribution in [2.75, 3.05) is 17.1 Å². The third kappa shape index (κ3) is 7.32. The Hall–Kier alpha value is -2.36. The highest BCUT2D eigenvalue weighted by atomic mass is 35.5. The van der Waals surface area contributed by atoms with Gasteiger partial charge in [0.25, 0.3) is 0 Å². The van der Waals surface area contributed by atoms with Crippen molar-refractivity contribution in [3.8, 4) is 0 Å². The summed E-state index contributed by atoms with van der Waals surface area (Å²) in [6.45, 7) is 4.73. The molecule has 186 valence electrons. The minimum Gasteiger partial charge on any atom is -0.352 e. The molecule has 0 aliphatic heterocycles. The van der Waals surface area contributed by atoms with Crippen LogP contribution in [0.25, 0.3) is 0 Å². The molecule has 0 spiro atoms. The van der Waals surface area contributed by atoms with Gasteiger partial charge in [-0.1, -0.05) is 48.3 Å². The van der Waals surface area contributed by atoms with Crippen molar-refractivity contribution in [2.45, 2.75) is 45.8 Å². The first-order chi connectivity index (χ1) is 15.8. The summed E-state index contributed by atoms with van der Waals surface area (Å²) in [6, 6.07) is 9.22. The zero-order valence-electron chi connectivity index (χ0n) is 19.4. The Labute approximate surface area is 209 Å². The summed E-state index contributed by atoms with van der Waals surface area (Å²) in [4.78, 5) is 27.7. The molecular weight excluding hydrogens is 504 g/mol. The van der Waals surface area contributed by atoms with E-state index in [2.05, 4.69) is 5.32 Å². The van der Waals surface area contributed by atoms with Gasteiger partial charge in [-0.15, -0.1) is 0 Å². The third-order valence-electron chi connectivity index (χ3n) is 4.99. The number of anilines is 1. The van der Waals surface area contributed by atoms with Crippen molar-refractivity contribution in [3.63, 3.8) is 0 Å². The molecule has 0 unspecified atom stereocenters. The number of sulfonamides is 1. The molecule has 34 heavy (non-hydrogen) atoms. The van der Waals surface area contributed by atoms with Crippen molar-refractivity contribution in [3.05, 3.63) is 63.9 Å². The van der Waals surface area contributed by atoms with Crippen LogP contribution >= 0.6 is 23.2 Å². The van der Waals surface area contributed by atoms with E-state index in [9.17, 15) is 22.4 Å². The maximum Gasteiger partial charge on any atom is 0.244 e. The van der Waals surface area contributed by atoms with Gasteiger partial charge in [-0.05, 0) is 50.1 Å². The van der Waals surface area contributed by atoms with E-state index in [4.69, 9.17) is 23.2 Å². The van der Waals surface area contributed by atoms with Crippen molar-refractivity contribution in [1.82, 2.24) is 10.2 Å². The smallest absolute Gasteiger partial charge is 0.244 e. The van der Waals surface area contributed by atoms with Crippen LogP contribution in [0.1, 0.15) is 32.8 Å². The van der Waals surface area contributed by atoms with Crippen LogP contribution in [-0.2, 0) is 26.2 Å².